The molecule has 72 valence electrons. The van der Waals surface area contributed by atoms with E-state index in [2.05, 4.69) is 11.2 Å². The van der Waals surface area contributed by atoms with Crippen molar-refractivity contribution >= 4 is 17.3 Å². The fourth-order valence-electron chi connectivity index (χ4n) is 1.35. The molecule has 13 heavy (non-hydrogen) atoms. The molecule has 1 saturated heterocycles. The lowest BCUT2D eigenvalue weighted by Crippen LogP contribution is -2.40. The highest BCUT2D eigenvalue weighted by molar-refractivity contribution is 7.80. The van der Waals surface area contributed by atoms with E-state index in [1.807, 2.05) is 11.8 Å². The summed E-state index contributed by atoms with van der Waals surface area (Å²) < 4.78 is 0. The summed E-state index contributed by atoms with van der Waals surface area (Å²) in [6, 6.07) is 0. The number of rotatable bonds is 1. The first-order valence-electron chi connectivity index (χ1n) is 4.34. The molecular weight excluding hydrogens is 184 g/mol. The van der Waals surface area contributed by atoms with E-state index >= 15 is 0 Å². The Morgan fingerprint density at radius 2 is 2.54 bits per heavy atom. The second kappa shape index (κ2) is 3.95. The molecule has 0 amide bonds. The highest BCUT2D eigenvalue weighted by atomic mass is 32.1. The average molecular weight is 198 g/mol. The predicted molar refractivity (Wildman–Crippen MR) is 56.2 cm³/mol. The Kier molecular flexibility index (Phi) is 3.12. The molecule has 1 unspecified atom stereocenters. The smallest absolute Gasteiger partial charge is 0.169 e. The van der Waals surface area contributed by atoms with Crippen LogP contribution in [0.25, 0.3) is 0 Å². The molecule has 3 nitrogen and oxygen atoms in total. The summed E-state index contributed by atoms with van der Waals surface area (Å²) in [4.78, 5) is 1.90. The van der Waals surface area contributed by atoms with Crippen molar-refractivity contribution in [3.05, 3.63) is 0 Å². The highest BCUT2D eigenvalue weighted by Gasteiger charge is 2.34. The molecule has 2 N–H and O–H groups in total. The van der Waals surface area contributed by atoms with Gasteiger partial charge in [-0.2, -0.15) is 0 Å². The lowest BCUT2D eigenvalue weighted by atomic mass is 10.1. The Labute approximate surface area is 84.1 Å². The maximum absolute atomic E-state index is 9.72. The van der Waals surface area contributed by atoms with E-state index in [4.69, 9.17) is 18.6 Å². The van der Waals surface area contributed by atoms with Crippen LogP contribution in [0.5, 0.6) is 0 Å². The molecule has 1 aliphatic heterocycles. The number of thiocarbonyl (C=S) groups is 1. The highest BCUT2D eigenvalue weighted by Crippen LogP contribution is 2.19. The molecule has 0 bridgehead atoms. The van der Waals surface area contributed by atoms with Crippen LogP contribution in [0.15, 0.2) is 0 Å². The van der Waals surface area contributed by atoms with Crippen molar-refractivity contribution in [1.29, 1.82) is 0 Å². The van der Waals surface area contributed by atoms with Gasteiger partial charge in [-0.15, -0.1) is 6.42 Å². The van der Waals surface area contributed by atoms with Gasteiger partial charge < -0.3 is 15.3 Å². The minimum Gasteiger partial charge on any atom is -0.376 e. The first kappa shape index (κ1) is 10.3. The van der Waals surface area contributed by atoms with Gasteiger partial charge in [-0.1, -0.05) is 5.92 Å². The first-order valence-corrected chi connectivity index (χ1v) is 4.75. The minimum absolute atomic E-state index is 0.440. The molecule has 0 aliphatic carbocycles. The molecular formula is C9H14N2OS. The van der Waals surface area contributed by atoms with Crippen molar-refractivity contribution in [2.24, 2.45) is 0 Å². The lowest BCUT2D eigenvalue weighted by molar-refractivity contribution is 0.116. The molecule has 1 atom stereocenters. The van der Waals surface area contributed by atoms with E-state index in [1.165, 1.54) is 0 Å². The van der Waals surface area contributed by atoms with E-state index in [1.54, 1.807) is 0 Å². The van der Waals surface area contributed by atoms with Crippen molar-refractivity contribution in [1.82, 2.24) is 10.2 Å². The molecule has 1 fully saturated rings. The molecule has 1 rings (SSSR count). The minimum atomic E-state index is -0.987. The molecule has 0 aromatic heterocycles. The summed E-state index contributed by atoms with van der Waals surface area (Å²) in [7, 11) is 0. The predicted octanol–water partition coefficient (Wildman–Crippen LogP) is -0.0492. The van der Waals surface area contributed by atoms with Crippen LogP contribution in [-0.4, -0.2) is 40.4 Å². The monoisotopic (exact) mass is 198 g/mol. The summed E-state index contributed by atoms with van der Waals surface area (Å²) in [6.07, 6.45) is 5.81. The van der Waals surface area contributed by atoms with E-state index < -0.39 is 5.60 Å². The Bertz CT molecular complexity index is 248. The number of hydrogen-bond acceptors (Lipinski definition) is 2. The van der Waals surface area contributed by atoms with Crippen molar-refractivity contribution in [3.63, 3.8) is 0 Å². The average Bonchev–Trinajstić information content (AvgIpc) is 2.50. The number of β-amino-alcohol motifs (C(OH)–C–C–N with tert-alkyl or cyclic N) is 1. The molecule has 0 spiro atoms. The Hall–Kier alpha value is -0.790. The molecule has 1 heterocycles. The second-order valence-electron chi connectivity index (χ2n) is 3.18. The van der Waals surface area contributed by atoms with Gasteiger partial charge in [0.2, 0.25) is 0 Å². The third-order valence-corrected chi connectivity index (χ3v) is 2.53. The summed E-state index contributed by atoms with van der Waals surface area (Å²) in [5.41, 5.74) is -0.987. The van der Waals surface area contributed by atoms with Crippen molar-refractivity contribution in [3.8, 4) is 12.3 Å². The van der Waals surface area contributed by atoms with Crippen molar-refractivity contribution in [2.45, 2.75) is 18.9 Å². The Morgan fingerprint density at radius 1 is 1.85 bits per heavy atom. The lowest BCUT2D eigenvalue weighted by Gasteiger charge is -2.20. The van der Waals surface area contributed by atoms with Crippen molar-refractivity contribution in [2.75, 3.05) is 19.6 Å². The fraction of sp³-hybridized carbons (Fsp3) is 0.667. The molecule has 0 aromatic carbocycles. The molecule has 0 radical (unpaired) electrons. The third kappa shape index (κ3) is 2.33. The van der Waals surface area contributed by atoms with Gasteiger partial charge in [-0.3, -0.25) is 0 Å². The Morgan fingerprint density at radius 3 is 3.00 bits per heavy atom. The number of hydrogen-bond donors (Lipinski definition) is 2. The van der Waals surface area contributed by atoms with Gasteiger partial charge in [0.15, 0.2) is 5.11 Å². The topological polar surface area (TPSA) is 35.5 Å². The quantitative estimate of drug-likeness (QED) is 0.457. The Balaban J connectivity index is 2.51. The zero-order chi connectivity index (χ0) is 9.90. The van der Waals surface area contributed by atoms with Gasteiger partial charge in [0.25, 0.3) is 0 Å². The summed E-state index contributed by atoms with van der Waals surface area (Å²) in [5, 5.41) is 13.4. The third-order valence-electron chi connectivity index (χ3n) is 2.13. The van der Waals surface area contributed by atoms with Gasteiger partial charge in [-0.05, 0) is 19.1 Å². The van der Waals surface area contributed by atoms with Crippen LogP contribution in [0, 0.1) is 12.3 Å². The van der Waals surface area contributed by atoms with Crippen LogP contribution in [0.2, 0.25) is 0 Å². The maximum Gasteiger partial charge on any atom is 0.169 e. The molecule has 0 aromatic rings. The number of likely N-dealkylation sites (tertiary alicyclic amines) is 1. The van der Waals surface area contributed by atoms with Gasteiger partial charge in [0.05, 0.1) is 6.54 Å². The van der Waals surface area contributed by atoms with Crippen LogP contribution in [0.3, 0.4) is 0 Å². The number of nitrogens with one attached hydrogen (secondary N) is 1. The number of nitrogens with zero attached hydrogens (tertiary/aromatic N) is 1. The van der Waals surface area contributed by atoms with E-state index in [9.17, 15) is 5.11 Å². The first-order chi connectivity index (χ1) is 6.11. The summed E-state index contributed by atoms with van der Waals surface area (Å²) >= 11 is 5.10. The fourth-order valence-corrected chi connectivity index (χ4v) is 1.65. The molecule has 4 heteroatoms. The van der Waals surface area contributed by atoms with E-state index in [0.29, 0.717) is 18.1 Å². The number of terminal acetylenes is 1. The van der Waals surface area contributed by atoms with E-state index in [0.717, 1.165) is 13.1 Å². The van der Waals surface area contributed by atoms with Crippen LogP contribution in [0.4, 0.5) is 0 Å². The van der Waals surface area contributed by atoms with Crippen LogP contribution >= 0.6 is 12.2 Å². The van der Waals surface area contributed by atoms with Crippen LogP contribution in [0.1, 0.15) is 13.3 Å². The van der Waals surface area contributed by atoms with Gasteiger partial charge in [0, 0.05) is 19.5 Å². The van der Waals surface area contributed by atoms with Gasteiger partial charge in [0.1, 0.15) is 5.60 Å². The van der Waals surface area contributed by atoms with Crippen LogP contribution < -0.4 is 5.32 Å². The van der Waals surface area contributed by atoms with Crippen molar-refractivity contribution < 1.29 is 5.11 Å². The standard InChI is InChI=1S/C9H14N2OS/c1-3-9(12)5-6-11(7-9)8(13)10-4-2/h1,12H,4-7H2,2H3,(H,10,13). The van der Waals surface area contributed by atoms with E-state index in [-0.39, 0.29) is 0 Å². The molecule has 0 saturated carbocycles. The second-order valence-corrected chi connectivity index (χ2v) is 3.57. The van der Waals surface area contributed by atoms with Gasteiger partial charge in [-0.25, -0.2) is 0 Å². The zero-order valence-electron chi connectivity index (χ0n) is 7.71. The molecule has 1 aliphatic rings. The number of aliphatic hydroxyl groups is 1. The zero-order valence-corrected chi connectivity index (χ0v) is 8.52. The largest absolute Gasteiger partial charge is 0.376 e. The SMILES string of the molecule is C#CC1(O)CCN(C(=S)NCC)C1. The summed E-state index contributed by atoms with van der Waals surface area (Å²) in [5.74, 6) is 2.39. The maximum atomic E-state index is 9.72. The van der Waals surface area contributed by atoms with Crippen LogP contribution in [-0.2, 0) is 0 Å². The normalized spacial score (nSPS) is 27.0. The van der Waals surface area contributed by atoms with Gasteiger partial charge >= 0.3 is 0 Å². The summed E-state index contributed by atoms with van der Waals surface area (Å²) in [6.45, 7) is 3.95.